The van der Waals surface area contributed by atoms with Crippen LogP contribution in [0.3, 0.4) is 0 Å². The molecule has 1 fully saturated rings. The first-order valence-corrected chi connectivity index (χ1v) is 9.12. The van der Waals surface area contributed by atoms with E-state index in [0.29, 0.717) is 5.82 Å². The van der Waals surface area contributed by atoms with E-state index in [9.17, 15) is 4.79 Å². The van der Waals surface area contributed by atoms with Crippen LogP contribution in [0.1, 0.15) is 36.3 Å². The van der Waals surface area contributed by atoms with E-state index in [1.807, 2.05) is 48.8 Å². The largest absolute Gasteiger partial charge is 0.456 e. The summed E-state index contributed by atoms with van der Waals surface area (Å²) in [6.07, 6.45) is 8.00. The maximum Gasteiger partial charge on any atom is 0.376 e. The van der Waals surface area contributed by atoms with Gasteiger partial charge in [0.25, 0.3) is 0 Å². The van der Waals surface area contributed by atoms with Gasteiger partial charge in [-0.2, -0.15) is 4.37 Å². The zero-order chi connectivity index (χ0) is 17.1. The lowest BCUT2D eigenvalue weighted by Gasteiger charge is -2.09. The summed E-state index contributed by atoms with van der Waals surface area (Å²) in [6.45, 7) is 0. The molecule has 6 nitrogen and oxygen atoms in total. The van der Waals surface area contributed by atoms with Crippen LogP contribution in [0.2, 0.25) is 0 Å². The van der Waals surface area contributed by atoms with Crippen molar-refractivity contribution in [2.75, 3.05) is 0 Å². The molecule has 25 heavy (non-hydrogen) atoms. The van der Waals surface area contributed by atoms with Crippen LogP contribution in [0.25, 0.3) is 16.0 Å². The maximum atomic E-state index is 12.3. The van der Waals surface area contributed by atoms with Crippen molar-refractivity contribution in [1.82, 2.24) is 18.7 Å². The number of nitrogens with one attached hydrogen (secondary N) is 1. The summed E-state index contributed by atoms with van der Waals surface area (Å²) >= 11 is 1.23. The average Bonchev–Trinajstić information content (AvgIpc) is 3.39. The van der Waals surface area contributed by atoms with Crippen LogP contribution in [0.15, 0.2) is 48.8 Å². The third-order valence-electron chi connectivity index (χ3n) is 4.21. The molecule has 0 bridgehead atoms. The van der Waals surface area contributed by atoms with Gasteiger partial charge in [-0.15, -0.1) is 0 Å². The summed E-state index contributed by atoms with van der Waals surface area (Å²) in [5.41, 5.74) is 1.77. The second kappa shape index (κ2) is 7.06. The SMILES string of the molecule is O=C(OC1CCCC1)c1nsc2nc3ccccc3n12.c1cc[nH]c1. The van der Waals surface area contributed by atoms with Gasteiger partial charge in [-0.3, -0.25) is 4.40 Å². The molecular formula is C18H18N4O2S. The molecule has 0 unspecified atom stereocenters. The molecule has 0 amide bonds. The number of carbonyl (C=O) groups excluding carboxylic acids is 1. The number of fused-ring (bicyclic) bond motifs is 3. The molecule has 1 aliphatic rings. The zero-order valence-corrected chi connectivity index (χ0v) is 14.4. The number of aromatic nitrogens is 4. The monoisotopic (exact) mass is 354 g/mol. The molecule has 1 saturated carbocycles. The van der Waals surface area contributed by atoms with Gasteiger partial charge in [-0.05, 0) is 49.9 Å². The van der Waals surface area contributed by atoms with E-state index in [2.05, 4.69) is 14.3 Å². The number of hydrogen-bond donors (Lipinski definition) is 1. The lowest BCUT2D eigenvalue weighted by atomic mass is 10.3. The Balaban J connectivity index is 0.000000272. The van der Waals surface area contributed by atoms with Gasteiger partial charge < -0.3 is 9.72 Å². The molecule has 0 saturated heterocycles. The number of imidazole rings is 1. The topological polar surface area (TPSA) is 72.3 Å². The molecular weight excluding hydrogens is 336 g/mol. The highest BCUT2D eigenvalue weighted by atomic mass is 32.1. The summed E-state index contributed by atoms with van der Waals surface area (Å²) < 4.78 is 11.5. The lowest BCUT2D eigenvalue weighted by Crippen LogP contribution is -2.17. The number of esters is 1. The Morgan fingerprint density at radius 2 is 1.92 bits per heavy atom. The van der Waals surface area contributed by atoms with Crippen molar-refractivity contribution in [1.29, 1.82) is 0 Å². The highest BCUT2D eigenvalue weighted by Gasteiger charge is 2.24. The van der Waals surface area contributed by atoms with Gasteiger partial charge in [0.2, 0.25) is 10.8 Å². The van der Waals surface area contributed by atoms with Crippen LogP contribution in [0, 0.1) is 0 Å². The van der Waals surface area contributed by atoms with E-state index in [-0.39, 0.29) is 12.1 Å². The summed E-state index contributed by atoms with van der Waals surface area (Å²) in [7, 11) is 0. The smallest absolute Gasteiger partial charge is 0.376 e. The highest BCUT2D eigenvalue weighted by molar-refractivity contribution is 7.11. The van der Waals surface area contributed by atoms with Gasteiger partial charge in [0.1, 0.15) is 6.10 Å². The zero-order valence-electron chi connectivity index (χ0n) is 13.6. The number of aromatic amines is 1. The number of carbonyl (C=O) groups is 1. The predicted octanol–water partition coefficient (Wildman–Crippen LogP) is 4.06. The van der Waals surface area contributed by atoms with E-state index in [0.717, 1.165) is 41.7 Å². The summed E-state index contributed by atoms with van der Waals surface area (Å²) in [6, 6.07) is 11.6. The summed E-state index contributed by atoms with van der Waals surface area (Å²) in [4.78, 5) is 20.3. The predicted molar refractivity (Wildman–Crippen MR) is 96.8 cm³/mol. The van der Waals surface area contributed by atoms with Gasteiger partial charge in [0.05, 0.1) is 11.0 Å². The molecule has 3 aromatic heterocycles. The number of nitrogens with zero attached hydrogens (tertiary/aromatic N) is 3. The second-order valence-corrected chi connectivity index (χ2v) is 6.65. The van der Waals surface area contributed by atoms with Crippen molar-refractivity contribution in [3.8, 4) is 0 Å². The Morgan fingerprint density at radius 3 is 2.64 bits per heavy atom. The Kier molecular flexibility index (Phi) is 4.47. The van der Waals surface area contributed by atoms with Gasteiger partial charge in [0, 0.05) is 23.9 Å². The average molecular weight is 354 g/mol. The fourth-order valence-electron chi connectivity index (χ4n) is 3.01. The van der Waals surface area contributed by atoms with Crippen LogP contribution in [0.5, 0.6) is 0 Å². The number of H-pyrrole nitrogens is 1. The fraction of sp³-hybridized carbons (Fsp3) is 0.278. The summed E-state index contributed by atoms with van der Waals surface area (Å²) in [5.74, 6) is -0.00287. The van der Waals surface area contributed by atoms with Crippen molar-refractivity contribution in [3.63, 3.8) is 0 Å². The molecule has 0 radical (unpaired) electrons. The molecule has 0 spiro atoms. The minimum absolute atomic E-state index is 0.0500. The number of ether oxygens (including phenoxy) is 1. The number of hydrogen-bond acceptors (Lipinski definition) is 5. The van der Waals surface area contributed by atoms with Crippen molar-refractivity contribution in [2.45, 2.75) is 31.8 Å². The van der Waals surface area contributed by atoms with E-state index >= 15 is 0 Å². The van der Waals surface area contributed by atoms with Gasteiger partial charge in [0.15, 0.2) is 0 Å². The fourth-order valence-corrected chi connectivity index (χ4v) is 3.74. The third-order valence-corrected chi connectivity index (χ3v) is 4.91. The molecule has 4 aromatic rings. The van der Waals surface area contributed by atoms with Crippen molar-refractivity contribution >= 4 is 33.5 Å². The van der Waals surface area contributed by atoms with Crippen molar-refractivity contribution in [2.24, 2.45) is 0 Å². The maximum absolute atomic E-state index is 12.3. The van der Waals surface area contributed by atoms with Gasteiger partial charge >= 0.3 is 5.97 Å². The first-order valence-electron chi connectivity index (χ1n) is 8.34. The van der Waals surface area contributed by atoms with E-state index in [4.69, 9.17) is 4.74 Å². The van der Waals surface area contributed by atoms with Crippen molar-refractivity contribution in [3.05, 3.63) is 54.6 Å². The van der Waals surface area contributed by atoms with Gasteiger partial charge in [-0.25, -0.2) is 9.78 Å². The molecule has 1 N–H and O–H groups in total. The Labute approximate surface area is 148 Å². The third kappa shape index (κ3) is 3.28. The van der Waals surface area contributed by atoms with Crippen LogP contribution in [-0.2, 0) is 4.74 Å². The Morgan fingerprint density at radius 1 is 1.16 bits per heavy atom. The van der Waals surface area contributed by atoms with Crippen LogP contribution >= 0.6 is 11.5 Å². The normalized spacial score (nSPS) is 14.6. The number of benzene rings is 1. The van der Waals surface area contributed by atoms with Crippen molar-refractivity contribution < 1.29 is 9.53 Å². The number of rotatable bonds is 2. The lowest BCUT2D eigenvalue weighted by molar-refractivity contribution is 0.0303. The minimum Gasteiger partial charge on any atom is -0.456 e. The van der Waals surface area contributed by atoms with E-state index < -0.39 is 0 Å². The Hall–Kier alpha value is -2.67. The molecule has 128 valence electrons. The number of para-hydroxylation sites is 2. The standard InChI is InChI=1S/C14H13N3O2S.C4H5N/c18-13(19-9-5-1-2-6-9)12-16-20-14-15-10-7-3-4-8-11(10)17(12)14;1-2-4-5-3-1/h3-4,7-9H,1-2,5-6H2;1-5H. The molecule has 0 aliphatic heterocycles. The van der Waals surface area contributed by atoms with E-state index in [1.54, 1.807) is 4.40 Å². The Bertz CT molecular complexity index is 950. The first-order chi connectivity index (χ1) is 12.3. The van der Waals surface area contributed by atoms with E-state index in [1.165, 1.54) is 11.5 Å². The molecule has 1 aromatic carbocycles. The molecule has 3 heterocycles. The highest BCUT2D eigenvalue weighted by Crippen LogP contribution is 2.24. The van der Waals surface area contributed by atoms with Crippen LogP contribution in [0.4, 0.5) is 0 Å². The minimum atomic E-state index is -0.341. The quantitative estimate of drug-likeness (QED) is 0.551. The molecule has 0 atom stereocenters. The summed E-state index contributed by atoms with van der Waals surface area (Å²) in [5, 5.41) is 0. The first kappa shape index (κ1) is 15.8. The van der Waals surface area contributed by atoms with Crippen LogP contribution < -0.4 is 0 Å². The second-order valence-electron chi connectivity index (χ2n) is 5.92. The molecule has 5 rings (SSSR count). The van der Waals surface area contributed by atoms with Gasteiger partial charge in [-0.1, -0.05) is 12.1 Å². The molecule has 1 aliphatic carbocycles. The van der Waals surface area contributed by atoms with Crippen LogP contribution in [-0.4, -0.2) is 30.8 Å². The molecule has 7 heteroatoms.